The molecule has 0 saturated heterocycles. The van der Waals surface area contributed by atoms with Crippen molar-refractivity contribution in [2.45, 2.75) is 18.6 Å². The Morgan fingerprint density at radius 2 is 1.82 bits per heavy atom. The number of hydrogen-bond acceptors (Lipinski definition) is 10. The van der Waals surface area contributed by atoms with E-state index in [1.165, 1.54) is 4.68 Å². The summed E-state index contributed by atoms with van der Waals surface area (Å²) in [6, 6.07) is 15.6. The Hall–Kier alpha value is -3.22. The van der Waals surface area contributed by atoms with Gasteiger partial charge in [0.05, 0.1) is 12.3 Å². The van der Waals surface area contributed by atoms with Crippen LogP contribution in [0.15, 0.2) is 53.7 Å². The molecule has 0 amide bonds. The van der Waals surface area contributed by atoms with Crippen molar-refractivity contribution in [3.63, 3.8) is 0 Å². The smallest absolute Gasteiger partial charge is 0.346 e. The quantitative estimate of drug-likeness (QED) is 0.249. The first-order chi connectivity index (χ1) is 15.7. The summed E-state index contributed by atoms with van der Waals surface area (Å²) in [6.07, 6.45) is 0. The summed E-state index contributed by atoms with van der Waals surface area (Å²) < 4.78 is 15.0. The second kappa shape index (κ2) is 12.1. The average Bonchev–Trinajstić information content (AvgIpc) is 3.45. The summed E-state index contributed by atoms with van der Waals surface area (Å²) in [6.45, 7) is 3.95. The van der Waals surface area contributed by atoms with Gasteiger partial charge in [0.15, 0.2) is 11.5 Å². The molecule has 11 nitrogen and oxygen atoms in total. The summed E-state index contributed by atoms with van der Waals surface area (Å²) in [5, 5.41) is 27.4. The molecular formula is C20H24ClN9O2S. The van der Waals surface area contributed by atoms with E-state index in [1.807, 2.05) is 62.5 Å². The number of ether oxygens (including phenoxy) is 2. The van der Waals surface area contributed by atoms with Gasteiger partial charge in [-0.05, 0) is 57.6 Å². The van der Waals surface area contributed by atoms with Gasteiger partial charge in [-0.15, -0.1) is 17.5 Å². The first-order valence-electron chi connectivity index (χ1n) is 10.1. The lowest BCUT2D eigenvalue weighted by Gasteiger charge is -2.13. The molecule has 174 valence electrons. The van der Waals surface area contributed by atoms with E-state index in [0.29, 0.717) is 24.7 Å². The van der Waals surface area contributed by atoms with Crippen molar-refractivity contribution >= 4 is 24.2 Å². The van der Waals surface area contributed by atoms with Crippen LogP contribution in [0.5, 0.6) is 17.5 Å². The maximum atomic E-state index is 6.00. The predicted molar refractivity (Wildman–Crippen MR) is 125 cm³/mol. The molecule has 4 rings (SSSR count). The molecule has 2 heterocycles. The number of halogens is 1. The zero-order valence-corrected chi connectivity index (χ0v) is 19.8. The largest absolute Gasteiger partial charge is 0.490 e. The van der Waals surface area contributed by atoms with E-state index >= 15 is 0 Å². The number of nitrogens with one attached hydrogen (secondary N) is 1. The minimum Gasteiger partial charge on any atom is -0.490 e. The summed E-state index contributed by atoms with van der Waals surface area (Å²) in [5.74, 6) is 2.04. The van der Waals surface area contributed by atoms with Crippen molar-refractivity contribution in [3.05, 3.63) is 54.1 Å². The third-order valence-electron chi connectivity index (χ3n) is 4.37. The van der Waals surface area contributed by atoms with Gasteiger partial charge in [-0.25, -0.2) is 4.68 Å². The highest BCUT2D eigenvalue weighted by Gasteiger charge is 2.14. The molecule has 33 heavy (non-hydrogen) atoms. The number of thioether (sulfide) groups is 1. The van der Waals surface area contributed by atoms with E-state index in [0.717, 1.165) is 28.7 Å². The predicted octanol–water partition coefficient (Wildman–Crippen LogP) is 2.68. The summed E-state index contributed by atoms with van der Waals surface area (Å²) in [7, 11) is 1.83. The van der Waals surface area contributed by atoms with Crippen LogP contribution in [0.4, 0.5) is 0 Å². The second-order valence-corrected chi connectivity index (χ2v) is 7.70. The lowest BCUT2D eigenvalue weighted by Crippen LogP contribution is -2.17. The molecule has 1 N–H and O–H groups in total. The van der Waals surface area contributed by atoms with E-state index in [4.69, 9.17) is 9.47 Å². The maximum Gasteiger partial charge on any atom is 0.346 e. The van der Waals surface area contributed by atoms with Gasteiger partial charge in [0.2, 0.25) is 5.16 Å². The Labute approximate surface area is 201 Å². The van der Waals surface area contributed by atoms with Crippen LogP contribution in [-0.4, -0.2) is 59.3 Å². The van der Waals surface area contributed by atoms with Crippen LogP contribution in [0.2, 0.25) is 0 Å². The van der Waals surface area contributed by atoms with Crippen LogP contribution >= 0.6 is 24.2 Å². The van der Waals surface area contributed by atoms with Crippen LogP contribution in [0.1, 0.15) is 12.5 Å². The fourth-order valence-corrected chi connectivity index (χ4v) is 3.62. The van der Waals surface area contributed by atoms with E-state index in [9.17, 15) is 0 Å². The van der Waals surface area contributed by atoms with Gasteiger partial charge in [-0.2, -0.15) is 4.68 Å². The third-order valence-corrected chi connectivity index (χ3v) is 5.38. The van der Waals surface area contributed by atoms with Gasteiger partial charge in [0, 0.05) is 25.9 Å². The summed E-state index contributed by atoms with van der Waals surface area (Å²) in [5.41, 5.74) is 1.88. The standard InChI is InChI=1S/C20H23N9O2S.ClH/c1-3-30-18-13-15(14-21-11-12-32-20-23-25-26-28(20)2)9-10-17(18)31-19-22-24-27-29(19)16-7-5-4-6-8-16;/h4-10,13,21H,3,11-12,14H2,1-2H3;1H. The Balaban J connectivity index is 0.00000306. The molecule has 2 aromatic heterocycles. The fourth-order valence-electron chi connectivity index (χ4n) is 2.88. The normalized spacial score (nSPS) is 10.6. The van der Waals surface area contributed by atoms with Crippen molar-refractivity contribution in [2.75, 3.05) is 18.9 Å². The first kappa shape index (κ1) is 24.4. The van der Waals surface area contributed by atoms with E-state index in [2.05, 4.69) is 36.4 Å². The molecule has 0 unspecified atom stereocenters. The molecular weight excluding hydrogens is 466 g/mol. The van der Waals surface area contributed by atoms with Gasteiger partial charge in [0.25, 0.3) is 0 Å². The number of aromatic nitrogens is 8. The average molecular weight is 490 g/mol. The summed E-state index contributed by atoms with van der Waals surface area (Å²) in [4.78, 5) is 0. The van der Waals surface area contributed by atoms with Gasteiger partial charge in [0.1, 0.15) is 0 Å². The molecule has 0 fully saturated rings. The molecule has 0 spiro atoms. The molecule has 0 saturated carbocycles. The molecule has 13 heteroatoms. The highest BCUT2D eigenvalue weighted by molar-refractivity contribution is 7.99. The van der Waals surface area contributed by atoms with E-state index < -0.39 is 0 Å². The molecule has 0 aliphatic heterocycles. The Bertz CT molecular complexity index is 1140. The highest BCUT2D eigenvalue weighted by Crippen LogP contribution is 2.32. The molecule has 0 radical (unpaired) electrons. The molecule has 0 aliphatic rings. The molecule has 0 aliphatic carbocycles. The summed E-state index contributed by atoms with van der Waals surface area (Å²) >= 11 is 1.60. The number of aryl methyl sites for hydroxylation is 1. The number of benzene rings is 2. The lowest BCUT2D eigenvalue weighted by molar-refractivity contribution is 0.315. The minimum atomic E-state index is 0. The zero-order valence-electron chi connectivity index (χ0n) is 18.2. The van der Waals surface area contributed by atoms with Crippen LogP contribution in [0.25, 0.3) is 5.69 Å². The minimum absolute atomic E-state index is 0. The topological polar surface area (TPSA) is 118 Å². The van der Waals surface area contributed by atoms with Gasteiger partial charge in [-0.3, -0.25) is 0 Å². The van der Waals surface area contributed by atoms with E-state index in [-0.39, 0.29) is 18.4 Å². The monoisotopic (exact) mass is 489 g/mol. The number of rotatable bonds is 11. The maximum absolute atomic E-state index is 6.00. The zero-order chi connectivity index (χ0) is 22.2. The lowest BCUT2D eigenvalue weighted by atomic mass is 10.2. The Kier molecular flexibility index (Phi) is 8.98. The second-order valence-electron chi connectivity index (χ2n) is 6.64. The third kappa shape index (κ3) is 6.40. The van der Waals surface area contributed by atoms with Crippen molar-refractivity contribution in [1.29, 1.82) is 0 Å². The van der Waals surface area contributed by atoms with Crippen LogP contribution in [-0.2, 0) is 13.6 Å². The number of hydrogen-bond donors (Lipinski definition) is 1. The van der Waals surface area contributed by atoms with Crippen molar-refractivity contribution < 1.29 is 9.47 Å². The molecule has 2 aromatic carbocycles. The van der Waals surface area contributed by atoms with Gasteiger partial charge >= 0.3 is 6.01 Å². The SMILES string of the molecule is CCOc1cc(CNCCSc2nnnn2C)ccc1Oc1nnnn1-c1ccccc1.Cl. The molecule has 4 aromatic rings. The number of nitrogens with zero attached hydrogens (tertiary/aromatic N) is 8. The molecule has 0 bridgehead atoms. The number of tetrazole rings is 2. The first-order valence-corrected chi connectivity index (χ1v) is 11.1. The number of para-hydroxylation sites is 1. The van der Waals surface area contributed by atoms with Crippen LogP contribution in [0, 0.1) is 0 Å². The van der Waals surface area contributed by atoms with Crippen LogP contribution < -0.4 is 14.8 Å². The Morgan fingerprint density at radius 1 is 1.00 bits per heavy atom. The van der Waals surface area contributed by atoms with Gasteiger partial charge < -0.3 is 14.8 Å². The van der Waals surface area contributed by atoms with Crippen LogP contribution in [0.3, 0.4) is 0 Å². The van der Waals surface area contributed by atoms with Crippen molar-refractivity contribution in [2.24, 2.45) is 7.05 Å². The highest BCUT2D eigenvalue weighted by atomic mass is 35.5. The van der Waals surface area contributed by atoms with Crippen molar-refractivity contribution in [3.8, 4) is 23.2 Å². The molecule has 0 atom stereocenters. The van der Waals surface area contributed by atoms with Crippen molar-refractivity contribution in [1.82, 2.24) is 45.7 Å². The van der Waals surface area contributed by atoms with Gasteiger partial charge in [-0.1, -0.05) is 41.1 Å². The Morgan fingerprint density at radius 3 is 2.58 bits per heavy atom. The fraction of sp³-hybridized carbons (Fsp3) is 0.300. The van der Waals surface area contributed by atoms with E-state index in [1.54, 1.807) is 16.4 Å².